The Balaban J connectivity index is 1.48. The summed E-state index contributed by atoms with van der Waals surface area (Å²) in [5.74, 6) is 0. The maximum Gasteiger partial charge on any atom is 0.323 e. The minimum atomic E-state index is -3.71. The Hall–Kier alpha value is -3.43. The summed E-state index contributed by atoms with van der Waals surface area (Å²) in [5.41, 5.74) is 4.08. The minimum Gasteiger partial charge on any atom is -0.308 e. The van der Waals surface area contributed by atoms with Crippen LogP contribution in [-0.2, 0) is 10.0 Å². The van der Waals surface area contributed by atoms with Crippen LogP contribution in [0.3, 0.4) is 0 Å². The molecule has 158 valence electrons. The third-order valence-corrected chi connectivity index (χ3v) is 7.12. The fourth-order valence-electron chi connectivity index (χ4n) is 2.93. The molecule has 3 aromatic carbocycles. The first-order valence-corrected chi connectivity index (χ1v) is 11.7. The molecule has 0 fully saturated rings. The van der Waals surface area contributed by atoms with Crippen molar-refractivity contribution in [1.29, 1.82) is 0 Å². The molecular formula is C22H20N4O3S2. The highest BCUT2D eigenvalue weighted by molar-refractivity contribution is 7.93. The van der Waals surface area contributed by atoms with Crippen molar-refractivity contribution in [3.63, 3.8) is 0 Å². The standard InChI is InChI=1S/C22H20N4O3S2/c1-14-8-9-16(12-15(14)2)23-21(27)24-17-10-11-20-19(13-17)25-22(30-20)26-31(28,29)18-6-4-3-5-7-18/h3-13H,1-2H3,(H,25,26)(H2,23,24,27). The van der Waals surface area contributed by atoms with Crippen LogP contribution in [0.15, 0.2) is 71.6 Å². The highest BCUT2D eigenvalue weighted by Gasteiger charge is 2.16. The predicted molar refractivity (Wildman–Crippen MR) is 125 cm³/mol. The predicted octanol–water partition coefficient (Wildman–Crippen LogP) is 5.36. The highest BCUT2D eigenvalue weighted by Crippen LogP contribution is 2.29. The second-order valence-corrected chi connectivity index (χ2v) is 9.71. The normalized spacial score (nSPS) is 11.3. The van der Waals surface area contributed by atoms with E-state index >= 15 is 0 Å². The van der Waals surface area contributed by atoms with Gasteiger partial charge >= 0.3 is 6.03 Å². The number of aromatic nitrogens is 1. The molecule has 0 bridgehead atoms. The number of aryl methyl sites for hydroxylation is 2. The summed E-state index contributed by atoms with van der Waals surface area (Å²) in [6, 6.07) is 18.7. The quantitative estimate of drug-likeness (QED) is 0.380. The molecule has 7 nitrogen and oxygen atoms in total. The van der Waals surface area contributed by atoms with Crippen LogP contribution in [0.2, 0.25) is 0 Å². The second kappa shape index (κ2) is 8.37. The smallest absolute Gasteiger partial charge is 0.308 e. The number of thiazole rings is 1. The van der Waals surface area contributed by atoms with E-state index in [1.807, 2.05) is 32.0 Å². The molecule has 31 heavy (non-hydrogen) atoms. The Kier molecular flexibility index (Phi) is 5.62. The molecule has 0 radical (unpaired) electrons. The molecule has 4 rings (SSSR count). The second-order valence-electron chi connectivity index (χ2n) is 7.00. The zero-order valence-corrected chi connectivity index (χ0v) is 18.5. The number of sulfonamides is 1. The first kappa shape index (κ1) is 20.8. The number of carbonyl (C=O) groups is 1. The van der Waals surface area contributed by atoms with Crippen LogP contribution in [0.5, 0.6) is 0 Å². The Morgan fingerprint density at radius 1 is 0.871 bits per heavy atom. The molecule has 0 spiro atoms. The van der Waals surface area contributed by atoms with Gasteiger partial charge < -0.3 is 10.6 Å². The number of benzene rings is 3. The fourth-order valence-corrected chi connectivity index (χ4v) is 5.04. The molecule has 0 aliphatic rings. The average molecular weight is 453 g/mol. The Morgan fingerprint density at radius 3 is 2.26 bits per heavy atom. The third kappa shape index (κ3) is 4.84. The number of hydrogen-bond donors (Lipinski definition) is 3. The monoisotopic (exact) mass is 452 g/mol. The topological polar surface area (TPSA) is 100 Å². The van der Waals surface area contributed by atoms with E-state index in [9.17, 15) is 13.2 Å². The summed E-state index contributed by atoms with van der Waals surface area (Å²) >= 11 is 1.22. The van der Waals surface area contributed by atoms with Crippen molar-refractivity contribution in [2.24, 2.45) is 0 Å². The summed E-state index contributed by atoms with van der Waals surface area (Å²) < 4.78 is 28.3. The Bertz CT molecular complexity index is 1370. The van der Waals surface area contributed by atoms with Crippen molar-refractivity contribution >= 4 is 54.1 Å². The maximum atomic E-state index is 12.5. The van der Waals surface area contributed by atoms with Gasteiger partial charge in [0, 0.05) is 11.4 Å². The van der Waals surface area contributed by atoms with Gasteiger partial charge in [0.1, 0.15) is 0 Å². The van der Waals surface area contributed by atoms with Crippen molar-refractivity contribution in [2.45, 2.75) is 18.7 Å². The van der Waals surface area contributed by atoms with Crippen LogP contribution < -0.4 is 15.4 Å². The molecule has 0 aliphatic carbocycles. The molecule has 0 saturated carbocycles. The van der Waals surface area contributed by atoms with Crippen LogP contribution >= 0.6 is 11.3 Å². The van der Waals surface area contributed by atoms with E-state index in [0.717, 1.165) is 15.8 Å². The Morgan fingerprint density at radius 2 is 1.55 bits per heavy atom. The van der Waals surface area contributed by atoms with Crippen LogP contribution in [0.25, 0.3) is 10.2 Å². The first-order chi connectivity index (χ1) is 14.8. The summed E-state index contributed by atoms with van der Waals surface area (Å²) in [4.78, 5) is 16.9. The van der Waals surface area contributed by atoms with Crippen LogP contribution in [0.1, 0.15) is 11.1 Å². The van der Waals surface area contributed by atoms with Gasteiger partial charge in [0.05, 0.1) is 15.1 Å². The number of hydrogen-bond acceptors (Lipinski definition) is 5. The van der Waals surface area contributed by atoms with Crippen molar-refractivity contribution < 1.29 is 13.2 Å². The minimum absolute atomic E-state index is 0.166. The van der Waals surface area contributed by atoms with Gasteiger partial charge in [-0.25, -0.2) is 18.2 Å². The van der Waals surface area contributed by atoms with Crippen LogP contribution in [-0.4, -0.2) is 19.4 Å². The molecule has 1 heterocycles. The lowest BCUT2D eigenvalue weighted by molar-refractivity contribution is 0.262. The summed E-state index contributed by atoms with van der Waals surface area (Å²) in [7, 11) is -3.71. The Labute approximate surface area is 184 Å². The number of urea groups is 1. The molecule has 0 unspecified atom stereocenters. The van der Waals surface area contributed by atoms with Crippen molar-refractivity contribution in [3.8, 4) is 0 Å². The van der Waals surface area contributed by atoms with Gasteiger partial charge in [-0.05, 0) is 67.4 Å². The molecule has 1 aromatic heterocycles. The number of nitrogens with one attached hydrogen (secondary N) is 3. The van der Waals surface area contributed by atoms with Gasteiger partial charge in [-0.15, -0.1) is 0 Å². The fraction of sp³-hybridized carbons (Fsp3) is 0.0909. The molecule has 2 amide bonds. The van der Waals surface area contributed by atoms with E-state index in [1.165, 1.54) is 23.5 Å². The molecule has 0 atom stereocenters. The lowest BCUT2D eigenvalue weighted by atomic mass is 10.1. The molecule has 0 saturated heterocycles. The van der Waals surface area contributed by atoms with Crippen LogP contribution in [0, 0.1) is 13.8 Å². The lowest BCUT2D eigenvalue weighted by Gasteiger charge is -2.09. The van der Waals surface area contributed by atoms with Gasteiger partial charge in [0.25, 0.3) is 10.0 Å². The summed E-state index contributed by atoms with van der Waals surface area (Å²) in [5, 5.41) is 5.84. The van der Waals surface area contributed by atoms with Crippen molar-refractivity contribution in [1.82, 2.24) is 4.98 Å². The van der Waals surface area contributed by atoms with Gasteiger partial charge in [-0.2, -0.15) is 0 Å². The molecule has 0 aliphatic heterocycles. The van der Waals surface area contributed by atoms with E-state index in [2.05, 4.69) is 20.3 Å². The van der Waals surface area contributed by atoms with E-state index in [1.54, 1.807) is 36.4 Å². The van der Waals surface area contributed by atoms with Gasteiger partial charge in [0.15, 0.2) is 5.13 Å². The highest BCUT2D eigenvalue weighted by atomic mass is 32.2. The van der Waals surface area contributed by atoms with Gasteiger partial charge in [-0.3, -0.25) is 4.72 Å². The largest absolute Gasteiger partial charge is 0.323 e. The van der Waals surface area contributed by atoms with E-state index in [4.69, 9.17) is 0 Å². The van der Waals surface area contributed by atoms with Crippen molar-refractivity contribution in [3.05, 3.63) is 77.9 Å². The van der Waals surface area contributed by atoms with Gasteiger partial charge in [0.2, 0.25) is 0 Å². The lowest BCUT2D eigenvalue weighted by Crippen LogP contribution is -2.19. The van der Waals surface area contributed by atoms with Crippen molar-refractivity contribution in [2.75, 3.05) is 15.4 Å². The first-order valence-electron chi connectivity index (χ1n) is 9.44. The maximum absolute atomic E-state index is 12.5. The number of rotatable bonds is 5. The van der Waals surface area contributed by atoms with E-state index in [-0.39, 0.29) is 16.1 Å². The summed E-state index contributed by atoms with van der Waals surface area (Å²) in [6.45, 7) is 3.99. The average Bonchev–Trinajstić information content (AvgIpc) is 3.12. The molecular weight excluding hydrogens is 432 g/mol. The van der Waals surface area contributed by atoms with E-state index < -0.39 is 10.0 Å². The number of fused-ring (bicyclic) bond motifs is 1. The summed E-state index contributed by atoms with van der Waals surface area (Å²) in [6.07, 6.45) is 0. The molecule has 4 aromatic rings. The number of amides is 2. The zero-order valence-electron chi connectivity index (χ0n) is 16.8. The number of carbonyl (C=O) groups excluding carboxylic acids is 1. The molecule has 3 N–H and O–H groups in total. The zero-order chi connectivity index (χ0) is 22.0. The SMILES string of the molecule is Cc1ccc(NC(=O)Nc2ccc3sc(NS(=O)(=O)c4ccccc4)nc3c2)cc1C. The van der Waals surface area contributed by atoms with Crippen LogP contribution in [0.4, 0.5) is 21.3 Å². The molecule has 9 heteroatoms. The van der Waals surface area contributed by atoms with E-state index in [0.29, 0.717) is 16.9 Å². The number of anilines is 3. The number of nitrogens with zero attached hydrogens (tertiary/aromatic N) is 1. The van der Waals surface area contributed by atoms with Gasteiger partial charge in [-0.1, -0.05) is 35.6 Å². The third-order valence-electron chi connectivity index (χ3n) is 4.69.